The molecule has 0 saturated carbocycles. The molecule has 5 rings (SSSR count). The maximum absolute atomic E-state index is 13.8. The highest BCUT2D eigenvalue weighted by atomic mass is 32.2. The van der Waals surface area contributed by atoms with E-state index < -0.39 is 34.9 Å². The molecule has 0 aliphatic carbocycles. The topological polar surface area (TPSA) is 224 Å². The molecule has 4 aromatic rings. The number of rotatable bonds is 5. The molecule has 1 saturated heterocycles. The van der Waals surface area contributed by atoms with E-state index in [-0.39, 0.29) is 54.7 Å². The number of aromatic nitrogens is 6. The Labute approximate surface area is 211 Å². The summed E-state index contributed by atoms with van der Waals surface area (Å²) in [4.78, 5) is 19.4. The van der Waals surface area contributed by atoms with E-state index in [4.69, 9.17) is 10.9 Å². The largest absolute Gasteiger partial charge is 0.369 e. The van der Waals surface area contributed by atoms with Gasteiger partial charge in [0.1, 0.15) is 4.90 Å². The van der Waals surface area contributed by atoms with Crippen LogP contribution in [0.4, 0.5) is 5.95 Å². The first-order valence-corrected chi connectivity index (χ1v) is 14.3. The molecule has 0 spiro atoms. The molecule has 0 unspecified atom stereocenters. The van der Waals surface area contributed by atoms with Crippen LogP contribution in [0.5, 0.6) is 0 Å². The van der Waals surface area contributed by atoms with Crippen LogP contribution in [0.25, 0.3) is 33.5 Å². The van der Waals surface area contributed by atoms with Crippen molar-refractivity contribution in [3.63, 3.8) is 0 Å². The molecular formula is C21H23N9O5S2. The van der Waals surface area contributed by atoms with Crippen LogP contribution in [0.1, 0.15) is 19.8 Å². The number of carbonyl (C=O) groups excluding carboxylic acids is 1. The van der Waals surface area contributed by atoms with Crippen LogP contribution < -0.4 is 10.9 Å². The van der Waals surface area contributed by atoms with Crippen LogP contribution in [0.15, 0.2) is 40.1 Å². The number of primary sulfonamides is 1. The molecule has 0 radical (unpaired) electrons. The second-order valence-electron chi connectivity index (χ2n) is 8.67. The van der Waals surface area contributed by atoms with E-state index in [1.54, 1.807) is 23.1 Å². The standard InChI is InChI=1S/C21H23N9O5S2/c1-11(31)30-9-7-12(8-10-30)36(32,33)16-6-5-13(14-3-2-4-15-18(14)25-21(22)24-15)17(19(16)37(23,34)35)20-26-28-29-27-20/h2-6,12H,7-10H2,1H3,(H3,22,24,25)(H2,23,34,35)(H,26,27,28,29). The summed E-state index contributed by atoms with van der Waals surface area (Å²) in [6, 6.07) is 7.82. The molecule has 14 nitrogen and oxygen atoms in total. The lowest BCUT2D eigenvalue weighted by molar-refractivity contribution is -0.129. The highest BCUT2D eigenvalue weighted by Crippen LogP contribution is 2.42. The van der Waals surface area contributed by atoms with E-state index >= 15 is 0 Å². The average Bonchev–Trinajstić information content (AvgIpc) is 3.51. The zero-order valence-electron chi connectivity index (χ0n) is 19.5. The van der Waals surface area contributed by atoms with Gasteiger partial charge in [-0.15, -0.1) is 10.2 Å². The zero-order chi connectivity index (χ0) is 26.5. The van der Waals surface area contributed by atoms with Gasteiger partial charge in [-0.05, 0) is 35.8 Å². The van der Waals surface area contributed by atoms with Crippen LogP contribution in [0, 0.1) is 0 Å². The zero-order valence-corrected chi connectivity index (χ0v) is 21.2. The highest BCUT2D eigenvalue weighted by molar-refractivity contribution is 7.94. The molecule has 16 heteroatoms. The number of hydrogen-bond acceptors (Lipinski definition) is 10. The number of likely N-dealkylation sites (tertiary alicyclic amines) is 1. The minimum Gasteiger partial charge on any atom is -0.369 e. The van der Waals surface area contributed by atoms with E-state index in [0.29, 0.717) is 16.6 Å². The molecule has 1 aliphatic rings. The lowest BCUT2D eigenvalue weighted by atomic mass is 9.98. The summed E-state index contributed by atoms with van der Waals surface area (Å²) in [5.74, 6) is -0.174. The number of nitrogen functional groups attached to an aromatic ring is 1. The number of amides is 1. The summed E-state index contributed by atoms with van der Waals surface area (Å²) < 4.78 is 53.6. The smallest absolute Gasteiger partial charge is 0.240 e. The molecule has 1 fully saturated rings. The van der Waals surface area contributed by atoms with Gasteiger partial charge in [-0.25, -0.2) is 27.0 Å². The van der Waals surface area contributed by atoms with Crippen molar-refractivity contribution in [2.24, 2.45) is 5.14 Å². The number of anilines is 1. The van der Waals surface area contributed by atoms with Crippen molar-refractivity contribution in [1.82, 2.24) is 35.5 Å². The van der Waals surface area contributed by atoms with E-state index in [0.717, 1.165) is 0 Å². The molecular weight excluding hydrogens is 522 g/mol. The van der Waals surface area contributed by atoms with Gasteiger partial charge in [0.15, 0.2) is 15.8 Å². The minimum atomic E-state index is -4.63. The number of aromatic amines is 2. The molecule has 1 aliphatic heterocycles. The van der Waals surface area contributed by atoms with Gasteiger partial charge in [0.25, 0.3) is 0 Å². The van der Waals surface area contributed by atoms with Crippen molar-refractivity contribution >= 4 is 42.7 Å². The summed E-state index contributed by atoms with van der Waals surface area (Å²) in [5, 5.41) is 18.4. The number of nitrogens with one attached hydrogen (secondary N) is 2. The van der Waals surface area contributed by atoms with E-state index in [9.17, 15) is 21.6 Å². The number of nitrogens with zero attached hydrogens (tertiary/aromatic N) is 5. The minimum absolute atomic E-state index is 0.132. The van der Waals surface area contributed by atoms with Crippen LogP contribution in [-0.4, -0.2) is 76.6 Å². The molecule has 2 aromatic heterocycles. The molecule has 2 aromatic carbocycles. The van der Waals surface area contributed by atoms with Crippen molar-refractivity contribution in [2.45, 2.75) is 34.8 Å². The molecule has 6 N–H and O–H groups in total. The lowest BCUT2D eigenvalue weighted by Crippen LogP contribution is -2.41. The van der Waals surface area contributed by atoms with Gasteiger partial charge in [-0.3, -0.25) is 4.79 Å². The Morgan fingerprint density at radius 3 is 2.43 bits per heavy atom. The van der Waals surface area contributed by atoms with Gasteiger partial charge in [-0.2, -0.15) is 5.21 Å². The van der Waals surface area contributed by atoms with E-state index in [2.05, 4.69) is 30.6 Å². The fraction of sp³-hybridized carbons (Fsp3) is 0.286. The second-order valence-corrected chi connectivity index (χ2v) is 12.4. The highest BCUT2D eigenvalue weighted by Gasteiger charge is 2.38. The van der Waals surface area contributed by atoms with E-state index in [1.807, 2.05) is 0 Å². The van der Waals surface area contributed by atoms with Crippen molar-refractivity contribution in [3.05, 3.63) is 30.3 Å². The Hall–Kier alpha value is -3.89. The summed E-state index contributed by atoms with van der Waals surface area (Å²) >= 11 is 0. The molecule has 1 amide bonds. The Morgan fingerprint density at radius 1 is 1.08 bits per heavy atom. The predicted octanol–water partition coefficient (Wildman–Crippen LogP) is 0.424. The average molecular weight is 546 g/mol. The second kappa shape index (κ2) is 8.89. The van der Waals surface area contributed by atoms with Crippen LogP contribution >= 0.6 is 0 Å². The van der Waals surface area contributed by atoms with Gasteiger partial charge in [0.2, 0.25) is 21.8 Å². The number of H-pyrrole nitrogens is 2. The fourth-order valence-corrected chi connectivity index (χ4v) is 8.05. The van der Waals surface area contributed by atoms with Crippen LogP contribution in [0.2, 0.25) is 0 Å². The van der Waals surface area contributed by atoms with Crippen LogP contribution in [0.3, 0.4) is 0 Å². The Kier molecular flexibility index (Phi) is 5.96. The molecule has 3 heterocycles. The number of fused-ring (bicyclic) bond motifs is 1. The third-order valence-corrected chi connectivity index (χ3v) is 9.85. The summed E-state index contributed by atoms with van der Waals surface area (Å²) in [6.45, 7) is 1.89. The number of nitrogens with two attached hydrogens (primary N) is 2. The normalized spacial score (nSPS) is 15.4. The summed E-state index contributed by atoms with van der Waals surface area (Å²) in [6.07, 6.45) is 0.300. The molecule has 0 bridgehead atoms. The maximum Gasteiger partial charge on any atom is 0.240 e. The summed E-state index contributed by atoms with van der Waals surface area (Å²) in [5.41, 5.74) is 7.44. The van der Waals surface area contributed by atoms with Crippen molar-refractivity contribution in [1.29, 1.82) is 0 Å². The first kappa shape index (κ1) is 24.8. The monoisotopic (exact) mass is 545 g/mol. The third-order valence-electron chi connectivity index (χ3n) is 6.43. The van der Waals surface area contributed by atoms with Crippen LogP contribution in [-0.2, 0) is 24.7 Å². The number of benzene rings is 2. The van der Waals surface area contributed by atoms with Crippen molar-refractivity contribution < 1.29 is 21.6 Å². The molecule has 194 valence electrons. The Balaban J connectivity index is 1.77. The first-order valence-electron chi connectivity index (χ1n) is 11.2. The van der Waals surface area contributed by atoms with Gasteiger partial charge in [0.05, 0.1) is 26.7 Å². The predicted molar refractivity (Wildman–Crippen MR) is 133 cm³/mol. The Morgan fingerprint density at radius 2 is 1.81 bits per heavy atom. The number of sulfone groups is 1. The van der Waals surface area contributed by atoms with Crippen molar-refractivity contribution in [3.8, 4) is 22.5 Å². The fourth-order valence-electron chi connectivity index (χ4n) is 4.71. The SMILES string of the molecule is CC(=O)N1CCC(S(=O)(=O)c2ccc(-c3cccc4[nH]c(N)nc34)c(-c3nn[nH]n3)c2S(N)(=O)=O)CC1. The Bertz CT molecular complexity index is 1720. The number of sulfonamides is 1. The van der Waals surface area contributed by atoms with E-state index in [1.165, 1.54) is 19.1 Å². The maximum atomic E-state index is 13.8. The van der Waals surface area contributed by atoms with Gasteiger partial charge in [-0.1, -0.05) is 18.2 Å². The first-order chi connectivity index (χ1) is 17.5. The van der Waals surface area contributed by atoms with Gasteiger partial charge in [0, 0.05) is 25.6 Å². The third kappa shape index (κ3) is 4.32. The van der Waals surface area contributed by atoms with Gasteiger partial charge < -0.3 is 15.6 Å². The number of piperidine rings is 1. The number of tetrazole rings is 1. The summed E-state index contributed by atoms with van der Waals surface area (Å²) in [7, 11) is -8.83. The quantitative estimate of drug-likeness (QED) is 0.270. The number of imidazole rings is 1. The number of para-hydroxylation sites is 1. The lowest BCUT2D eigenvalue weighted by Gasteiger charge is -2.31. The number of carbonyl (C=O) groups is 1. The molecule has 0 atom stereocenters. The number of hydrogen-bond donors (Lipinski definition) is 4. The molecule has 37 heavy (non-hydrogen) atoms. The van der Waals surface area contributed by atoms with Gasteiger partial charge >= 0.3 is 0 Å². The van der Waals surface area contributed by atoms with Crippen molar-refractivity contribution in [2.75, 3.05) is 18.8 Å².